The molecule has 0 saturated heterocycles. The summed E-state index contributed by atoms with van der Waals surface area (Å²) in [5.41, 5.74) is 0. The van der Waals surface area contributed by atoms with Crippen molar-refractivity contribution in [1.29, 1.82) is 0 Å². The zero-order valence-corrected chi connectivity index (χ0v) is 22.0. The molecule has 0 nitrogen and oxygen atoms in total. The highest BCUT2D eigenvalue weighted by molar-refractivity contribution is 5.13. The molecule has 9 aliphatic carbocycles. The fourth-order valence-electron chi connectivity index (χ4n) is 12.6. The quantitative estimate of drug-likeness (QED) is 0.324. The van der Waals surface area contributed by atoms with Crippen molar-refractivity contribution in [1.82, 2.24) is 0 Å². The smallest absolute Gasteiger partial charge is 0.0169 e. The van der Waals surface area contributed by atoms with Crippen LogP contribution in [-0.2, 0) is 0 Å². The summed E-state index contributed by atoms with van der Waals surface area (Å²) in [5, 5.41) is 0. The molecular weight excluding hydrogens is 396 g/mol. The minimum Gasteiger partial charge on any atom is -0.0879 e. The van der Waals surface area contributed by atoms with Crippen LogP contribution in [-0.4, -0.2) is 0 Å². The SMILES string of the molecule is CC1CC2C3CCC(C3)C2C1.CC1CC2CC1C1C=CCC21.CC1CC2CC1C1CCCC21. The molecule has 0 spiro atoms. The Balaban J connectivity index is 0.0000000864. The van der Waals surface area contributed by atoms with Crippen LogP contribution in [0.15, 0.2) is 12.2 Å². The lowest BCUT2D eigenvalue weighted by Gasteiger charge is -2.29. The third-order valence-corrected chi connectivity index (χ3v) is 13.7. The van der Waals surface area contributed by atoms with Crippen LogP contribution >= 0.6 is 0 Å². The van der Waals surface area contributed by atoms with Crippen LogP contribution in [0.4, 0.5) is 0 Å². The van der Waals surface area contributed by atoms with Crippen molar-refractivity contribution in [3.63, 3.8) is 0 Å². The Morgan fingerprint density at radius 3 is 1.88 bits per heavy atom. The van der Waals surface area contributed by atoms with Gasteiger partial charge in [-0.1, -0.05) is 39.3 Å². The fourth-order valence-corrected chi connectivity index (χ4v) is 12.6. The molecule has 0 N–H and O–H groups in total. The van der Waals surface area contributed by atoms with Crippen LogP contribution in [0, 0.1) is 88.8 Å². The van der Waals surface area contributed by atoms with Gasteiger partial charge in [0.25, 0.3) is 0 Å². The van der Waals surface area contributed by atoms with Crippen LogP contribution in [0.3, 0.4) is 0 Å². The maximum absolute atomic E-state index is 2.50. The molecule has 0 heterocycles. The van der Waals surface area contributed by atoms with Gasteiger partial charge in [-0.05, 0) is 166 Å². The summed E-state index contributed by atoms with van der Waals surface area (Å²) >= 11 is 0. The Hall–Kier alpha value is -0.260. The Bertz CT molecular complexity index is 726. The summed E-state index contributed by atoms with van der Waals surface area (Å²) in [4.78, 5) is 0. The van der Waals surface area contributed by atoms with E-state index in [1.807, 2.05) is 0 Å². The number of hydrogen-bond donors (Lipinski definition) is 0. The Labute approximate surface area is 205 Å². The highest BCUT2D eigenvalue weighted by Gasteiger charge is 2.53. The lowest BCUT2D eigenvalue weighted by molar-refractivity contribution is 0.201. The molecule has 0 amide bonds. The zero-order valence-electron chi connectivity index (χ0n) is 22.0. The predicted octanol–water partition coefficient (Wildman–Crippen LogP) is 9.01. The first-order chi connectivity index (χ1) is 16.1. The van der Waals surface area contributed by atoms with Crippen molar-refractivity contribution in [2.75, 3.05) is 0 Å². The first-order valence-electron chi connectivity index (χ1n) is 15.7. The predicted molar refractivity (Wildman–Crippen MR) is 139 cm³/mol. The first kappa shape index (κ1) is 22.0. The van der Waals surface area contributed by atoms with E-state index in [2.05, 4.69) is 32.9 Å². The van der Waals surface area contributed by atoms with Crippen molar-refractivity contribution in [2.45, 2.75) is 104 Å². The highest BCUT2D eigenvalue weighted by Crippen LogP contribution is 2.61. The minimum absolute atomic E-state index is 1.00. The molecule has 9 rings (SSSR count). The number of hydrogen-bond acceptors (Lipinski definition) is 0. The average molecular weight is 449 g/mol. The minimum atomic E-state index is 1.00. The molecule has 14 atom stereocenters. The summed E-state index contributed by atoms with van der Waals surface area (Å²) in [6.07, 6.45) is 25.2. The van der Waals surface area contributed by atoms with Gasteiger partial charge >= 0.3 is 0 Å². The normalized spacial score (nSPS) is 59.8. The molecule has 14 unspecified atom stereocenters. The molecule has 184 valence electrons. The van der Waals surface area contributed by atoms with E-state index in [-0.39, 0.29) is 0 Å². The first-order valence-corrected chi connectivity index (χ1v) is 15.7. The number of fused-ring (bicyclic) bond motifs is 15. The molecule has 8 fully saturated rings. The third kappa shape index (κ3) is 3.56. The summed E-state index contributed by atoms with van der Waals surface area (Å²) in [7, 11) is 0. The van der Waals surface area contributed by atoms with Crippen LogP contribution in [0.2, 0.25) is 0 Å². The second-order valence-electron chi connectivity index (χ2n) is 15.1. The monoisotopic (exact) mass is 448 g/mol. The van der Waals surface area contributed by atoms with Crippen LogP contribution in [0.5, 0.6) is 0 Å². The van der Waals surface area contributed by atoms with Crippen molar-refractivity contribution in [3.8, 4) is 0 Å². The molecule has 33 heavy (non-hydrogen) atoms. The van der Waals surface area contributed by atoms with Gasteiger partial charge in [0.2, 0.25) is 0 Å². The molecule has 9 aliphatic rings. The molecule has 0 aromatic carbocycles. The molecule has 0 radical (unpaired) electrons. The van der Waals surface area contributed by atoms with E-state index >= 15 is 0 Å². The Morgan fingerprint density at radius 2 is 1.12 bits per heavy atom. The van der Waals surface area contributed by atoms with E-state index in [1.54, 1.807) is 70.6 Å². The number of allylic oxidation sites excluding steroid dienone is 2. The van der Waals surface area contributed by atoms with Gasteiger partial charge < -0.3 is 0 Å². The van der Waals surface area contributed by atoms with E-state index in [4.69, 9.17) is 0 Å². The molecule has 6 bridgehead atoms. The summed E-state index contributed by atoms with van der Waals surface area (Å²) < 4.78 is 0. The van der Waals surface area contributed by atoms with Gasteiger partial charge in [-0.15, -0.1) is 0 Å². The lowest BCUT2D eigenvalue weighted by atomic mass is 9.76. The van der Waals surface area contributed by atoms with Gasteiger partial charge in [0.15, 0.2) is 0 Å². The van der Waals surface area contributed by atoms with E-state index in [1.165, 1.54) is 54.3 Å². The van der Waals surface area contributed by atoms with Crippen molar-refractivity contribution >= 4 is 0 Å². The zero-order chi connectivity index (χ0) is 22.3. The van der Waals surface area contributed by atoms with Crippen molar-refractivity contribution in [2.24, 2.45) is 88.8 Å². The van der Waals surface area contributed by atoms with Crippen LogP contribution < -0.4 is 0 Å². The van der Waals surface area contributed by atoms with E-state index in [0.29, 0.717) is 0 Å². The molecule has 8 saturated carbocycles. The van der Waals surface area contributed by atoms with E-state index in [0.717, 1.165) is 47.3 Å². The van der Waals surface area contributed by atoms with Crippen LogP contribution in [0.1, 0.15) is 104 Å². The summed E-state index contributed by atoms with van der Waals surface area (Å²) in [5.74, 6) is 16.9. The average Bonchev–Trinajstić information content (AvgIpc) is 3.62. The molecule has 0 aliphatic heterocycles. The largest absolute Gasteiger partial charge is 0.0879 e. The van der Waals surface area contributed by atoms with Crippen molar-refractivity contribution < 1.29 is 0 Å². The van der Waals surface area contributed by atoms with Crippen molar-refractivity contribution in [3.05, 3.63) is 12.2 Å². The maximum Gasteiger partial charge on any atom is -0.0169 e. The van der Waals surface area contributed by atoms with Gasteiger partial charge in [0, 0.05) is 0 Å². The number of rotatable bonds is 0. The second-order valence-corrected chi connectivity index (χ2v) is 15.1. The standard InChI is InChI=1S/2C11H18.C11H16/c1-7-4-10-8-2-3-9(6-8)11(10)5-7;2*1-7-5-8-6-11(7)10-4-2-3-9(8)10/h2*7-11H,2-6H2,1H3;2,4,7-11H,3,5-6H2,1H3. The molecule has 0 heteroatoms. The second kappa shape index (κ2) is 8.40. The summed E-state index contributed by atoms with van der Waals surface area (Å²) in [6.45, 7) is 7.39. The third-order valence-electron chi connectivity index (χ3n) is 13.7. The fraction of sp³-hybridized carbons (Fsp3) is 0.939. The summed E-state index contributed by atoms with van der Waals surface area (Å²) in [6, 6.07) is 0. The van der Waals surface area contributed by atoms with Gasteiger partial charge in [0.05, 0.1) is 0 Å². The van der Waals surface area contributed by atoms with E-state index < -0.39 is 0 Å². The van der Waals surface area contributed by atoms with Gasteiger partial charge in [-0.3, -0.25) is 0 Å². The van der Waals surface area contributed by atoms with Gasteiger partial charge in [-0.25, -0.2) is 0 Å². The van der Waals surface area contributed by atoms with Gasteiger partial charge in [-0.2, -0.15) is 0 Å². The Kier molecular flexibility index (Phi) is 5.60. The topological polar surface area (TPSA) is 0 Å². The maximum atomic E-state index is 2.50. The Morgan fingerprint density at radius 1 is 0.485 bits per heavy atom. The van der Waals surface area contributed by atoms with Crippen LogP contribution in [0.25, 0.3) is 0 Å². The molecule has 0 aromatic heterocycles. The van der Waals surface area contributed by atoms with E-state index in [9.17, 15) is 0 Å². The molecule has 0 aromatic rings. The molecular formula is C33H52. The van der Waals surface area contributed by atoms with Gasteiger partial charge in [0.1, 0.15) is 0 Å². The highest BCUT2D eigenvalue weighted by atomic mass is 14.6. The lowest BCUT2D eigenvalue weighted by Crippen LogP contribution is -2.22.